The summed E-state index contributed by atoms with van der Waals surface area (Å²) in [7, 11) is 4.24. The van der Waals surface area contributed by atoms with E-state index in [1.54, 1.807) is 0 Å². The quantitative estimate of drug-likeness (QED) is 0.737. The molecule has 18 heavy (non-hydrogen) atoms. The molecule has 1 rings (SSSR count). The SMILES string of the molecule is CN(C)CC1CCCN1CC(O)CNC(C)(C)C. The fraction of sp³-hybridized carbons (Fsp3) is 1.00. The minimum absolute atomic E-state index is 0.0784. The van der Waals surface area contributed by atoms with Crippen molar-refractivity contribution in [1.82, 2.24) is 15.1 Å². The zero-order valence-corrected chi connectivity index (χ0v) is 12.7. The molecular formula is C14H31N3O. The van der Waals surface area contributed by atoms with Crippen molar-refractivity contribution < 1.29 is 5.11 Å². The Labute approximate surface area is 112 Å². The normalized spacial score (nSPS) is 23.8. The third-order valence-corrected chi connectivity index (χ3v) is 3.39. The highest BCUT2D eigenvalue weighted by Gasteiger charge is 2.26. The lowest BCUT2D eigenvalue weighted by Gasteiger charge is -2.30. The first-order chi connectivity index (χ1) is 8.28. The van der Waals surface area contributed by atoms with Gasteiger partial charge in [-0.25, -0.2) is 0 Å². The maximum Gasteiger partial charge on any atom is 0.0791 e. The molecule has 108 valence electrons. The Bertz CT molecular complexity index is 238. The lowest BCUT2D eigenvalue weighted by atomic mass is 10.1. The van der Waals surface area contributed by atoms with Crippen LogP contribution in [0.25, 0.3) is 0 Å². The number of hydrogen-bond acceptors (Lipinski definition) is 4. The van der Waals surface area contributed by atoms with Gasteiger partial charge in [0, 0.05) is 31.2 Å². The largest absolute Gasteiger partial charge is 0.390 e. The van der Waals surface area contributed by atoms with E-state index >= 15 is 0 Å². The second-order valence-electron chi connectivity index (χ2n) is 6.84. The van der Waals surface area contributed by atoms with Gasteiger partial charge in [-0.2, -0.15) is 0 Å². The van der Waals surface area contributed by atoms with Crippen LogP contribution in [0.5, 0.6) is 0 Å². The molecule has 0 bridgehead atoms. The predicted molar refractivity (Wildman–Crippen MR) is 76.9 cm³/mol. The summed E-state index contributed by atoms with van der Waals surface area (Å²) < 4.78 is 0. The van der Waals surface area contributed by atoms with Crippen LogP contribution in [-0.2, 0) is 0 Å². The van der Waals surface area contributed by atoms with Crippen LogP contribution in [0.4, 0.5) is 0 Å². The number of rotatable bonds is 6. The first kappa shape index (κ1) is 15.9. The fourth-order valence-electron chi connectivity index (χ4n) is 2.52. The molecule has 0 spiro atoms. The van der Waals surface area contributed by atoms with Gasteiger partial charge in [0.15, 0.2) is 0 Å². The highest BCUT2D eigenvalue weighted by Crippen LogP contribution is 2.17. The van der Waals surface area contributed by atoms with Crippen LogP contribution in [-0.4, -0.2) is 72.9 Å². The van der Waals surface area contributed by atoms with Crippen molar-refractivity contribution in [2.24, 2.45) is 0 Å². The molecule has 1 heterocycles. The number of aliphatic hydroxyl groups is 1. The van der Waals surface area contributed by atoms with Crippen LogP contribution < -0.4 is 5.32 Å². The maximum atomic E-state index is 10.1. The van der Waals surface area contributed by atoms with E-state index in [1.165, 1.54) is 12.8 Å². The van der Waals surface area contributed by atoms with Crippen molar-refractivity contribution in [3.8, 4) is 0 Å². The molecule has 2 N–H and O–H groups in total. The Kier molecular flexibility index (Phi) is 6.05. The third-order valence-electron chi connectivity index (χ3n) is 3.39. The Morgan fingerprint density at radius 1 is 1.39 bits per heavy atom. The third kappa shape index (κ3) is 6.14. The van der Waals surface area contributed by atoms with Gasteiger partial charge in [0.2, 0.25) is 0 Å². The molecule has 0 aromatic rings. The zero-order chi connectivity index (χ0) is 13.8. The van der Waals surface area contributed by atoms with E-state index in [2.05, 4.69) is 50.0 Å². The van der Waals surface area contributed by atoms with Gasteiger partial charge < -0.3 is 15.3 Å². The van der Waals surface area contributed by atoms with E-state index < -0.39 is 0 Å². The van der Waals surface area contributed by atoms with E-state index in [-0.39, 0.29) is 11.6 Å². The molecule has 4 heteroatoms. The number of nitrogens with zero attached hydrogens (tertiary/aromatic N) is 2. The van der Waals surface area contributed by atoms with Gasteiger partial charge in [-0.3, -0.25) is 4.90 Å². The molecule has 0 aliphatic carbocycles. The maximum absolute atomic E-state index is 10.1. The van der Waals surface area contributed by atoms with Gasteiger partial charge >= 0.3 is 0 Å². The van der Waals surface area contributed by atoms with Gasteiger partial charge in [-0.05, 0) is 54.3 Å². The van der Waals surface area contributed by atoms with E-state index in [1.807, 2.05) is 0 Å². The summed E-state index contributed by atoms with van der Waals surface area (Å²) in [5, 5.41) is 13.5. The number of likely N-dealkylation sites (N-methyl/N-ethyl adjacent to an activating group) is 1. The Hall–Kier alpha value is -0.160. The first-order valence-electron chi connectivity index (χ1n) is 7.10. The highest BCUT2D eigenvalue weighted by molar-refractivity contribution is 4.83. The van der Waals surface area contributed by atoms with Crippen molar-refractivity contribution >= 4 is 0 Å². The highest BCUT2D eigenvalue weighted by atomic mass is 16.3. The van der Waals surface area contributed by atoms with Gasteiger partial charge in [0.1, 0.15) is 0 Å². The monoisotopic (exact) mass is 257 g/mol. The Morgan fingerprint density at radius 2 is 2.06 bits per heavy atom. The summed E-state index contributed by atoms with van der Waals surface area (Å²) in [4.78, 5) is 4.68. The minimum Gasteiger partial charge on any atom is -0.390 e. The molecule has 2 unspecified atom stereocenters. The molecule has 1 aliphatic rings. The molecule has 1 saturated heterocycles. The van der Waals surface area contributed by atoms with Gasteiger partial charge in [0.25, 0.3) is 0 Å². The molecule has 2 atom stereocenters. The van der Waals surface area contributed by atoms with Crippen LogP contribution in [0.15, 0.2) is 0 Å². The molecule has 0 aromatic carbocycles. The van der Waals surface area contributed by atoms with E-state index in [0.29, 0.717) is 12.6 Å². The number of hydrogen-bond donors (Lipinski definition) is 2. The number of aliphatic hydroxyl groups excluding tert-OH is 1. The van der Waals surface area contributed by atoms with E-state index in [9.17, 15) is 5.11 Å². The van der Waals surface area contributed by atoms with Crippen LogP contribution in [0.3, 0.4) is 0 Å². The van der Waals surface area contributed by atoms with Crippen LogP contribution in [0.1, 0.15) is 33.6 Å². The molecule has 0 amide bonds. The molecule has 0 saturated carbocycles. The van der Waals surface area contributed by atoms with Gasteiger partial charge in [0.05, 0.1) is 6.10 Å². The lowest BCUT2D eigenvalue weighted by molar-refractivity contribution is 0.0921. The van der Waals surface area contributed by atoms with E-state index in [4.69, 9.17) is 0 Å². The second kappa shape index (κ2) is 6.85. The number of nitrogens with one attached hydrogen (secondary N) is 1. The molecule has 4 nitrogen and oxygen atoms in total. The summed E-state index contributed by atoms with van der Waals surface area (Å²) in [6.07, 6.45) is 2.25. The van der Waals surface area contributed by atoms with Crippen LogP contribution in [0.2, 0.25) is 0 Å². The smallest absolute Gasteiger partial charge is 0.0791 e. The summed E-state index contributed by atoms with van der Waals surface area (Å²) >= 11 is 0. The lowest BCUT2D eigenvalue weighted by Crippen LogP contribution is -2.47. The number of likely N-dealkylation sites (tertiary alicyclic amines) is 1. The second-order valence-corrected chi connectivity index (χ2v) is 6.84. The summed E-state index contributed by atoms with van der Waals surface area (Å²) in [6, 6.07) is 0.615. The standard InChI is InChI=1S/C14H31N3O/c1-14(2,3)15-9-13(18)11-17-8-6-7-12(17)10-16(4)5/h12-13,15,18H,6-11H2,1-5H3. The van der Waals surface area contributed by atoms with Crippen LogP contribution >= 0.6 is 0 Å². The zero-order valence-electron chi connectivity index (χ0n) is 12.7. The molecule has 1 fully saturated rings. The minimum atomic E-state index is -0.271. The van der Waals surface area contributed by atoms with E-state index in [0.717, 1.165) is 19.6 Å². The Balaban J connectivity index is 2.31. The number of β-amino-alcohol motifs (C(OH)–C–C–N with tert-alkyl or cyclic N) is 1. The predicted octanol–water partition coefficient (Wildman–Crippen LogP) is 0.761. The molecule has 1 aliphatic heterocycles. The summed E-state index contributed by atoms with van der Waals surface area (Å²) in [6.45, 7) is 10.1. The molecule has 0 aromatic heterocycles. The van der Waals surface area contributed by atoms with Crippen molar-refractivity contribution in [3.63, 3.8) is 0 Å². The van der Waals surface area contributed by atoms with Crippen molar-refractivity contribution in [3.05, 3.63) is 0 Å². The average molecular weight is 257 g/mol. The summed E-state index contributed by atoms with van der Waals surface area (Å²) in [5.74, 6) is 0. The van der Waals surface area contributed by atoms with Crippen LogP contribution in [0, 0.1) is 0 Å². The Morgan fingerprint density at radius 3 is 2.61 bits per heavy atom. The summed E-state index contributed by atoms with van der Waals surface area (Å²) in [5.41, 5.74) is 0.0784. The van der Waals surface area contributed by atoms with Crippen molar-refractivity contribution in [1.29, 1.82) is 0 Å². The van der Waals surface area contributed by atoms with Crippen molar-refractivity contribution in [2.45, 2.75) is 51.3 Å². The molecular weight excluding hydrogens is 226 g/mol. The van der Waals surface area contributed by atoms with Crippen molar-refractivity contribution in [2.75, 3.05) is 40.3 Å². The van der Waals surface area contributed by atoms with Gasteiger partial charge in [-0.15, -0.1) is 0 Å². The van der Waals surface area contributed by atoms with Gasteiger partial charge in [-0.1, -0.05) is 0 Å². The average Bonchev–Trinajstić information content (AvgIpc) is 2.61. The topological polar surface area (TPSA) is 38.7 Å². The molecule has 0 radical (unpaired) electrons. The fourth-order valence-corrected chi connectivity index (χ4v) is 2.52. The first-order valence-corrected chi connectivity index (χ1v) is 7.10.